The van der Waals surface area contributed by atoms with Crippen LogP contribution < -0.4 is 10.6 Å². The lowest BCUT2D eigenvalue weighted by atomic mass is 9.43. The van der Waals surface area contributed by atoms with E-state index in [2.05, 4.69) is 20.6 Å². The second kappa shape index (κ2) is 5.43. The van der Waals surface area contributed by atoms with Gasteiger partial charge in [-0.3, -0.25) is 20.2 Å². The standard InChI is InChI=1S/C18H20N4O4/c23-13(21-15-19-1-3-25-15)17-6-11-5-12(7-17)9-18(8-11,10-17)14(24)22-16-20-2-4-26-16/h1-4,11-12H,5-10H2,(H,19,21,23)(H,20,22,24). The Bertz CT molecular complexity index is 749. The molecule has 0 spiro atoms. The molecule has 2 N–H and O–H groups in total. The number of nitrogens with zero attached hydrogens (tertiary/aromatic N) is 2. The Labute approximate surface area is 149 Å². The molecule has 2 aromatic heterocycles. The van der Waals surface area contributed by atoms with Crippen LogP contribution in [0.4, 0.5) is 12.0 Å². The monoisotopic (exact) mass is 356 g/mol. The van der Waals surface area contributed by atoms with Gasteiger partial charge in [-0.25, -0.2) is 9.97 Å². The van der Waals surface area contributed by atoms with Gasteiger partial charge in [0.2, 0.25) is 11.8 Å². The fourth-order valence-corrected chi connectivity index (χ4v) is 5.82. The van der Waals surface area contributed by atoms with Gasteiger partial charge in [-0.15, -0.1) is 0 Å². The van der Waals surface area contributed by atoms with Crippen molar-refractivity contribution in [3.05, 3.63) is 24.9 Å². The van der Waals surface area contributed by atoms with Crippen LogP contribution in [0.5, 0.6) is 0 Å². The molecule has 0 aromatic carbocycles. The first-order valence-corrected chi connectivity index (χ1v) is 8.99. The Morgan fingerprint density at radius 3 is 1.73 bits per heavy atom. The zero-order valence-electron chi connectivity index (χ0n) is 14.2. The van der Waals surface area contributed by atoms with Crippen molar-refractivity contribution in [1.82, 2.24) is 9.97 Å². The van der Waals surface area contributed by atoms with Gasteiger partial charge < -0.3 is 8.83 Å². The SMILES string of the molecule is O=C(Nc1ncco1)C12CC3CC(C1)CC(C(=O)Nc1ncco1)(C3)C2. The molecule has 136 valence electrons. The zero-order chi connectivity index (χ0) is 17.8. The number of anilines is 2. The summed E-state index contributed by atoms with van der Waals surface area (Å²) >= 11 is 0. The summed E-state index contributed by atoms with van der Waals surface area (Å²) in [4.78, 5) is 34.1. The van der Waals surface area contributed by atoms with Crippen LogP contribution >= 0.6 is 0 Å². The van der Waals surface area contributed by atoms with Gasteiger partial charge in [0.15, 0.2) is 0 Å². The minimum Gasteiger partial charge on any atom is -0.432 e. The van der Waals surface area contributed by atoms with Crippen LogP contribution in [0.15, 0.2) is 33.8 Å². The molecule has 0 atom stereocenters. The van der Waals surface area contributed by atoms with E-state index >= 15 is 0 Å². The highest BCUT2D eigenvalue weighted by Crippen LogP contribution is 2.65. The summed E-state index contributed by atoms with van der Waals surface area (Å²) < 4.78 is 10.3. The van der Waals surface area contributed by atoms with Crippen molar-refractivity contribution >= 4 is 23.8 Å². The molecule has 2 aromatic rings. The predicted molar refractivity (Wildman–Crippen MR) is 89.8 cm³/mol. The van der Waals surface area contributed by atoms with Crippen molar-refractivity contribution in [2.75, 3.05) is 10.6 Å². The summed E-state index contributed by atoms with van der Waals surface area (Å²) in [6.45, 7) is 0. The van der Waals surface area contributed by atoms with Gasteiger partial charge >= 0.3 is 12.0 Å². The van der Waals surface area contributed by atoms with E-state index in [9.17, 15) is 9.59 Å². The third-order valence-corrected chi connectivity index (χ3v) is 6.33. The molecule has 8 nitrogen and oxygen atoms in total. The van der Waals surface area contributed by atoms with Crippen molar-refractivity contribution in [3.63, 3.8) is 0 Å². The lowest BCUT2D eigenvalue weighted by Gasteiger charge is -2.60. The van der Waals surface area contributed by atoms with Gasteiger partial charge in [-0.2, -0.15) is 0 Å². The predicted octanol–water partition coefficient (Wildman–Crippen LogP) is 2.83. The van der Waals surface area contributed by atoms with Crippen LogP contribution in [0.2, 0.25) is 0 Å². The first kappa shape index (κ1) is 15.6. The summed E-state index contributed by atoms with van der Waals surface area (Å²) in [7, 11) is 0. The molecule has 0 saturated heterocycles. The number of hydrogen-bond acceptors (Lipinski definition) is 6. The molecular formula is C18H20N4O4. The fraction of sp³-hybridized carbons (Fsp3) is 0.556. The normalized spacial score (nSPS) is 34.6. The molecule has 6 rings (SSSR count). The van der Waals surface area contributed by atoms with Crippen LogP contribution in [-0.4, -0.2) is 21.8 Å². The topological polar surface area (TPSA) is 110 Å². The van der Waals surface area contributed by atoms with Crippen LogP contribution in [0.25, 0.3) is 0 Å². The summed E-state index contributed by atoms with van der Waals surface area (Å²) in [5.74, 6) is 0.619. The maximum absolute atomic E-state index is 13.1. The quantitative estimate of drug-likeness (QED) is 0.871. The van der Waals surface area contributed by atoms with Gasteiger partial charge in [-0.1, -0.05) is 0 Å². The summed E-state index contributed by atoms with van der Waals surface area (Å²) in [5, 5.41) is 5.60. The summed E-state index contributed by atoms with van der Waals surface area (Å²) in [6, 6.07) is 0.424. The van der Waals surface area contributed by atoms with Crippen molar-refractivity contribution in [2.24, 2.45) is 22.7 Å². The Hall–Kier alpha value is -2.64. The second-order valence-electron chi connectivity index (χ2n) is 8.10. The second-order valence-corrected chi connectivity index (χ2v) is 8.10. The van der Waals surface area contributed by atoms with Crippen molar-refractivity contribution in [3.8, 4) is 0 Å². The highest BCUT2D eigenvalue weighted by Gasteiger charge is 2.63. The molecule has 0 radical (unpaired) electrons. The molecule has 8 heteroatoms. The number of oxazole rings is 2. The van der Waals surface area contributed by atoms with E-state index in [1.807, 2.05) is 0 Å². The minimum absolute atomic E-state index is 0.0812. The average molecular weight is 356 g/mol. The van der Waals surface area contributed by atoms with Crippen molar-refractivity contribution < 1.29 is 18.4 Å². The Kier molecular flexibility index (Phi) is 3.26. The highest BCUT2D eigenvalue weighted by molar-refractivity contribution is 5.98. The van der Waals surface area contributed by atoms with Crippen LogP contribution in [-0.2, 0) is 9.59 Å². The van der Waals surface area contributed by atoms with E-state index in [4.69, 9.17) is 8.83 Å². The molecule has 4 bridgehead atoms. The number of aromatic nitrogens is 2. The maximum atomic E-state index is 13.1. The number of amides is 2. The largest absolute Gasteiger partial charge is 0.432 e. The van der Waals surface area contributed by atoms with Crippen LogP contribution in [0.3, 0.4) is 0 Å². The Balaban J connectivity index is 1.42. The first-order chi connectivity index (χ1) is 12.6. The molecule has 4 fully saturated rings. The van der Waals surface area contributed by atoms with E-state index in [1.165, 1.54) is 24.9 Å². The lowest BCUT2D eigenvalue weighted by Crippen LogP contribution is -2.59. The number of carbonyl (C=O) groups is 2. The Morgan fingerprint density at radius 2 is 1.35 bits per heavy atom. The van der Waals surface area contributed by atoms with Gasteiger partial charge in [0.05, 0.1) is 23.2 Å². The molecule has 4 aliphatic rings. The van der Waals surface area contributed by atoms with E-state index in [0.29, 0.717) is 18.3 Å². The van der Waals surface area contributed by atoms with E-state index in [0.717, 1.165) is 32.1 Å². The number of carbonyl (C=O) groups excluding carboxylic acids is 2. The molecule has 2 heterocycles. The minimum atomic E-state index is -0.535. The van der Waals surface area contributed by atoms with Gasteiger partial charge in [-0.05, 0) is 50.4 Å². The third kappa shape index (κ3) is 2.35. The van der Waals surface area contributed by atoms with Gasteiger partial charge in [0.25, 0.3) is 0 Å². The molecular weight excluding hydrogens is 336 g/mol. The van der Waals surface area contributed by atoms with E-state index in [1.54, 1.807) is 0 Å². The first-order valence-electron chi connectivity index (χ1n) is 8.99. The third-order valence-electron chi connectivity index (χ3n) is 6.33. The van der Waals surface area contributed by atoms with Crippen molar-refractivity contribution in [2.45, 2.75) is 38.5 Å². The smallest absolute Gasteiger partial charge is 0.301 e. The number of hydrogen-bond donors (Lipinski definition) is 2. The summed E-state index contributed by atoms with van der Waals surface area (Å²) in [6.07, 6.45) is 10.8. The molecule has 0 aliphatic heterocycles. The fourth-order valence-electron chi connectivity index (χ4n) is 5.82. The zero-order valence-corrected chi connectivity index (χ0v) is 14.2. The maximum Gasteiger partial charge on any atom is 0.301 e. The average Bonchev–Trinajstić information content (AvgIpc) is 3.27. The van der Waals surface area contributed by atoms with Crippen LogP contribution in [0, 0.1) is 22.7 Å². The highest BCUT2D eigenvalue weighted by atomic mass is 16.4. The number of rotatable bonds is 4. The summed E-state index contributed by atoms with van der Waals surface area (Å²) in [5.41, 5.74) is -1.07. The molecule has 0 unspecified atom stereocenters. The number of nitrogens with one attached hydrogen (secondary N) is 2. The van der Waals surface area contributed by atoms with Crippen molar-refractivity contribution in [1.29, 1.82) is 0 Å². The molecule has 2 amide bonds. The lowest BCUT2D eigenvalue weighted by molar-refractivity contribution is -0.161. The van der Waals surface area contributed by atoms with Gasteiger partial charge in [0, 0.05) is 0 Å². The molecule has 26 heavy (non-hydrogen) atoms. The van der Waals surface area contributed by atoms with E-state index in [-0.39, 0.29) is 23.8 Å². The Morgan fingerprint density at radius 1 is 0.885 bits per heavy atom. The van der Waals surface area contributed by atoms with Gasteiger partial charge in [0.1, 0.15) is 12.5 Å². The molecule has 4 saturated carbocycles. The van der Waals surface area contributed by atoms with E-state index < -0.39 is 10.8 Å². The van der Waals surface area contributed by atoms with Crippen LogP contribution in [0.1, 0.15) is 38.5 Å². The molecule has 4 aliphatic carbocycles.